The molecule has 0 fully saturated rings. The highest BCUT2D eigenvalue weighted by atomic mass is 32.2. The van der Waals surface area contributed by atoms with E-state index in [4.69, 9.17) is 10.9 Å². The number of hydrogen-bond donors (Lipinski definition) is 3. The Hall–Kier alpha value is -0.920. The van der Waals surface area contributed by atoms with E-state index in [1.807, 2.05) is 11.8 Å². The predicted octanol–water partition coefficient (Wildman–Crippen LogP) is 2.25. The Bertz CT molecular complexity index is 518. The molecular weight excluding hydrogens is 294 g/mol. The Morgan fingerprint density at radius 1 is 1.15 bits per heavy atom. The summed E-state index contributed by atoms with van der Waals surface area (Å²) in [6, 6.07) is 4.59. The van der Waals surface area contributed by atoms with E-state index in [0.717, 1.165) is 19.4 Å². The maximum Gasteiger partial charge on any atom is 0.238 e. The number of rotatable bonds is 9. The van der Waals surface area contributed by atoms with Crippen LogP contribution in [0, 0.1) is 0 Å². The van der Waals surface area contributed by atoms with Crippen molar-refractivity contribution in [1.29, 1.82) is 0 Å². The lowest BCUT2D eigenvalue weighted by Crippen LogP contribution is -2.13. The van der Waals surface area contributed by atoms with Crippen molar-refractivity contribution in [2.24, 2.45) is 5.14 Å². The number of primary sulfonamides is 1. The van der Waals surface area contributed by atoms with Crippen LogP contribution in [-0.2, 0) is 10.0 Å². The van der Waals surface area contributed by atoms with Gasteiger partial charge in [0.25, 0.3) is 0 Å². The van der Waals surface area contributed by atoms with E-state index in [1.165, 1.54) is 30.7 Å². The van der Waals surface area contributed by atoms with Gasteiger partial charge < -0.3 is 11.1 Å². The lowest BCUT2D eigenvalue weighted by molar-refractivity contribution is 0.598. The van der Waals surface area contributed by atoms with E-state index in [2.05, 4.69) is 11.6 Å². The minimum absolute atomic E-state index is 0.0416. The number of thioether (sulfide) groups is 1. The van der Waals surface area contributed by atoms with Gasteiger partial charge in [-0.1, -0.05) is 12.8 Å². The summed E-state index contributed by atoms with van der Waals surface area (Å²) in [5, 5.41) is 8.29. The van der Waals surface area contributed by atoms with Gasteiger partial charge in [-0.15, -0.1) is 0 Å². The van der Waals surface area contributed by atoms with Gasteiger partial charge in [0.1, 0.15) is 0 Å². The average molecular weight is 317 g/mol. The molecule has 7 heteroatoms. The van der Waals surface area contributed by atoms with Crippen LogP contribution in [0.5, 0.6) is 0 Å². The Kier molecular flexibility index (Phi) is 7.18. The topological polar surface area (TPSA) is 98.2 Å². The maximum atomic E-state index is 11.3. The molecule has 5 nitrogen and oxygen atoms in total. The predicted molar refractivity (Wildman–Crippen MR) is 87.6 cm³/mol. The summed E-state index contributed by atoms with van der Waals surface area (Å²) in [5.41, 5.74) is 6.76. The molecule has 0 unspecified atom stereocenters. The smallest absolute Gasteiger partial charge is 0.238 e. The average Bonchev–Trinajstić information content (AvgIpc) is 2.36. The van der Waals surface area contributed by atoms with E-state index in [0.29, 0.717) is 11.4 Å². The van der Waals surface area contributed by atoms with Crippen molar-refractivity contribution in [3.05, 3.63) is 18.2 Å². The van der Waals surface area contributed by atoms with E-state index < -0.39 is 10.0 Å². The normalized spacial score (nSPS) is 11.5. The fourth-order valence-corrected chi connectivity index (χ4v) is 2.93. The van der Waals surface area contributed by atoms with E-state index in [-0.39, 0.29) is 4.90 Å². The molecule has 1 rings (SSSR count). The van der Waals surface area contributed by atoms with Gasteiger partial charge in [0.2, 0.25) is 10.0 Å². The van der Waals surface area contributed by atoms with Crippen LogP contribution in [0.4, 0.5) is 11.4 Å². The molecule has 0 saturated carbocycles. The number of nitrogens with one attached hydrogen (secondary N) is 1. The van der Waals surface area contributed by atoms with Gasteiger partial charge in [-0.05, 0) is 43.0 Å². The summed E-state index contributed by atoms with van der Waals surface area (Å²) < 4.78 is 22.6. The van der Waals surface area contributed by atoms with E-state index >= 15 is 0 Å². The number of unbranched alkanes of at least 4 members (excludes halogenated alkanes) is 3. The molecular formula is C13H23N3O2S2. The molecule has 0 heterocycles. The summed E-state index contributed by atoms with van der Waals surface area (Å²) in [6.45, 7) is 0.798. The zero-order chi connectivity index (χ0) is 15.0. The molecule has 0 aliphatic rings. The maximum absolute atomic E-state index is 11.3. The lowest BCUT2D eigenvalue weighted by atomic mass is 10.2. The molecule has 0 saturated heterocycles. The molecule has 0 bridgehead atoms. The summed E-state index contributed by atoms with van der Waals surface area (Å²) in [6.07, 6.45) is 6.80. The minimum Gasteiger partial charge on any atom is -0.399 e. The molecule has 0 aromatic heterocycles. The van der Waals surface area contributed by atoms with Gasteiger partial charge >= 0.3 is 0 Å². The Morgan fingerprint density at radius 3 is 2.50 bits per heavy atom. The first-order chi connectivity index (χ1) is 9.43. The first kappa shape index (κ1) is 17.1. The molecule has 0 atom stereocenters. The highest BCUT2D eigenvalue weighted by Crippen LogP contribution is 2.19. The largest absolute Gasteiger partial charge is 0.399 e. The van der Waals surface area contributed by atoms with Gasteiger partial charge in [-0.3, -0.25) is 0 Å². The van der Waals surface area contributed by atoms with Crippen LogP contribution in [0.3, 0.4) is 0 Å². The highest BCUT2D eigenvalue weighted by molar-refractivity contribution is 7.98. The van der Waals surface area contributed by atoms with E-state index in [1.54, 1.807) is 6.07 Å². The van der Waals surface area contributed by atoms with Gasteiger partial charge in [-0.25, -0.2) is 13.6 Å². The molecule has 5 N–H and O–H groups in total. The quantitative estimate of drug-likeness (QED) is 0.479. The van der Waals surface area contributed by atoms with Crippen molar-refractivity contribution in [3.8, 4) is 0 Å². The molecule has 0 aliphatic heterocycles. The standard InChI is InChI=1S/C13H23N3O2S2/c1-19-7-5-3-2-4-6-16-12-8-11(14)9-13(10-12)20(15,17)18/h8-10,16H,2-7,14H2,1H3,(H2,15,17,18). The molecule has 1 aromatic carbocycles. The number of nitrogen functional groups attached to an aromatic ring is 1. The van der Waals surface area contributed by atoms with Gasteiger partial charge in [0.05, 0.1) is 4.90 Å². The molecule has 0 aliphatic carbocycles. The molecule has 0 spiro atoms. The van der Waals surface area contributed by atoms with Crippen molar-refractivity contribution >= 4 is 33.2 Å². The van der Waals surface area contributed by atoms with Crippen LogP contribution in [-0.4, -0.2) is 27.0 Å². The third-order valence-corrected chi connectivity index (χ3v) is 4.45. The Morgan fingerprint density at radius 2 is 1.85 bits per heavy atom. The fraction of sp³-hybridized carbons (Fsp3) is 0.538. The first-order valence-corrected chi connectivity index (χ1v) is 9.53. The second-order valence-corrected chi connectivity index (χ2v) is 7.22. The summed E-state index contributed by atoms with van der Waals surface area (Å²) >= 11 is 1.87. The van der Waals surface area contributed by atoms with E-state index in [9.17, 15) is 8.42 Å². The van der Waals surface area contributed by atoms with Crippen LogP contribution in [0.25, 0.3) is 0 Å². The van der Waals surface area contributed by atoms with Gasteiger partial charge in [-0.2, -0.15) is 11.8 Å². The summed E-state index contributed by atoms with van der Waals surface area (Å²) in [7, 11) is -3.72. The van der Waals surface area contributed by atoms with Crippen LogP contribution in [0.1, 0.15) is 25.7 Å². The summed E-state index contributed by atoms with van der Waals surface area (Å²) in [5.74, 6) is 1.21. The van der Waals surface area contributed by atoms with Crippen LogP contribution in [0.2, 0.25) is 0 Å². The number of anilines is 2. The van der Waals surface area contributed by atoms with Crippen LogP contribution in [0.15, 0.2) is 23.1 Å². The molecule has 0 amide bonds. The van der Waals surface area contributed by atoms with Crippen molar-refractivity contribution in [2.45, 2.75) is 30.6 Å². The number of benzene rings is 1. The zero-order valence-corrected chi connectivity index (χ0v) is 13.4. The third kappa shape index (κ3) is 6.49. The number of nitrogens with two attached hydrogens (primary N) is 2. The fourth-order valence-electron chi connectivity index (χ4n) is 1.85. The third-order valence-electron chi connectivity index (χ3n) is 2.86. The number of sulfonamides is 1. The second-order valence-electron chi connectivity index (χ2n) is 4.67. The minimum atomic E-state index is -3.72. The summed E-state index contributed by atoms with van der Waals surface area (Å²) in [4.78, 5) is 0.0416. The van der Waals surface area contributed by atoms with Crippen molar-refractivity contribution < 1.29 is 8.42 Å². The SMILES string of the molecule is CSCCCCCCNc1cc(N)cc(S(N)(=O)=O)c1. The monoisotopic (exact) mass is 317 g/mol. The first-order valence-electron chi connectivity index (χ1n) is 6.59. The lowest BCUT2D eigenvalue weighted by Gasteiger charge is -2.09. The Labute approximate surface area is 125 Å². The Balaban J connectivity index is 2.43. The van der Waals surface area contributed by atoms with Crippen LogP contribution >= 0.6 is 11.8 Å². The van der Waals surface area contributed by atoms with Gasteiger partial charge in [0.15, 0.2) is 0 Å². The highest BCUT2D eigenvalue weighted by Gasteiger charge is 2.09. The molecule has 20 heavy (non-hydrogen) atoms. The molecule has 114 valence electrons. The number of hydrogen-bond acceptors (Lipinski definition) is 5. The van der Waals surface area contributed by atoms with Gasteiger partial charge in [0, 0.05) is 17.9 Å². The zero-order valence-electron chi connectivity index (χ0n) is 11.8. The molecule has 1 aromatic rings. The van der Waals surface area contributed by atoms with Crippen molar-refractivity contribution in [3.63, 3.8) is 0 Å². The van der Waals surface area contributed by atoms with Crippen LogP contribution < -0.4 is 16.2 Å². The molecule has 0 radical (unpaired) electrons. The van der Waals surface area contributed by atoms with Crippen molar-refractivity contribution in [1.82, 2.24) is 0 Å². The van der Waals surface area contributed by atoms with Crippen molar-refractivity contribution in [2.75, 3.05) is 29.6 Å². The second kappa shape index (κ2) is 8.39.